The van der Waals surface area contributed by atoms with Crippen LogP contribution in [0.2, 0.25) is 0 Å². The Kier molecular flexibility index (Phi) is 5.68. The number of aliphatic hydroxyl groups excluding tert-OH is 2. The first-order valence-corrected chi connectivity index (χ1v) is 4.54. The van der Waals surface area contributed by atoms with Gasteiger partial charge in [0, 0.05) is 6.54 Å². The van der Waals surface area contributed by atoms with Gasteiger partial charge in [-0.15, -0.1) is 0 Å². The Balaban J connectivity index is 3.57. The van der Waals surface area contributed by atoms with Crippen molar-refractivity contribution in [2.45, 2.75) is 32.5 Å². The van der Waals surface area contributed by atoms with Crippen molar-refractivity contribution >= 4 is 5.91 Å². The van der Waals surface area contributed by atoms with Gasteiger partial charge < -0.3 is 20.3 Å². The molecular weight excluding hydrogens is 186 g/mol. The van der Waals surface area contributed by atoms with Gasteiger partial charge in [0.15, 0.2) is 0 Å². The molecule has 14 heavy (non-hydrogen) atoms. The van der Waals surface area contributed by atoms with Crippen molar-refractivity contribution in [2.24, 2.45) is 0 Å². The van der Waals surface area contributed by atoms with E-state index in [1.165, 1.54) is 0 Å². The standard InChI is InChI=1S/C9H19NO4/c1-9(2,3)14-6-8(13)10-4-7(12)5-11/h7,11-12H,4-6H2,1-3H3,(H,10,13)/t7-/m0/s1. The summed E-state index contributed by atoms with van der Waals surface area (Å²) in [6, 6.07) is 0. The van der Waals surface area contributed by atoms with E-state index in [2.05, 4.69) is 5.32 Å². The van der Waals surface area contributed by atoms with Gasteiger partial charge in [-0.05, 0) is 20.8 Å². The SMILES string of the molecule is CC(C)(C)OCC(=O)NC[C@H](O)CO. The molecule has 5 nitrogen and oxygen atoms in total. The van der Waals surface area contributed by atoms with E-state index in [-0.39, 0.29) is 31.3 Å². The van der Waals surface area contributed by atoms with Crippen LogP contribution in [0.1, 0.15) is 20.8 Å². The van der Waals surface area contributed by atoms with Crippen LogP contribution in [-0.2, 0) is 9.53 Å². The Morgan fingerprint density at radius 3 is 2.50 bits per heavy atom. The highest BCUT2D eigenvalue weighted by atomic mass is 16.5. The molecule has 5 heteroatoms. The molecule has 0 spiro atoms. The highest BCUT2D eigenvalue weighted by Gasteiger charge is 2.13. The second-order valence-corrected chi connectivity index (χ2v) is 4.04. The lowest BCUT2D eigenvalue weighted by Gasteiger charge is -2.19. The van der Waals surface area contributed by atoms with Gasteiger partial charge in [-0.3, -0.25) is 4.79 Å². The minimum absolute atomic E-state index is 0.0400. The maximum atomic E-state index is 11.1. The van der Waals surface area contributed by atoms with E-state index in [0.717, 1.165) is 0 Å². The lowest BCUT2D eigenvalue weighted by atomic mass is 10.2. The molecule has 0 aliphatic carbocycles. The molecule has 0 aromatic carbocycles. The highest BCUT2D eigenvalue weighted by Crippen LogP contribution is 2.05. The number of carbonyl (C=O) groups is 1. The smallest absolute Gasteiger partial charge is 0.246 e. The zero-order valence-corrected chi connectivity index (χ0v) is 8.91. The fraction of sp³-hybridized carbons (Fsp3) is 0.889. The van der Waals surface area contributed by atoms with Gasteiger partial charge in [-0.1, -0.05) is 0 Å². The summed E-state index contributed by atoms with van der Waals surface area (Å²) in [6.07, 6.45) is -0.909. The first-order valence-electron chi connectivity index (χ1n) is 4.54. The van der Waals surface area contributed by atoms with Crippen molar-refractivity contribution in [2.75, 3.05) is 19.8 Å². The minimum Gasteiger partial charge on any atom is -0.394 e. The minimum atomic E-state index is -0.909. The van der Waals surface area contributed by atoms with Crippen molar-refractivity contribution in [3.05, 3.63) is 0 Å². The van der Waals surface area contributed by atoms with Crippen LogP contribution in [0.5, 0.6) is 0 Å². The number of carbonyl (C=O) groups excluding carboxylic acids is 1. The summed E-state index contributed by atoms with van der Waals surface area (Å²) >= 11 is 0. The van der Waals surface area contributed by atoms with Gasteiger partial charge >= 0.3 is 0 Å². The number of nitrogens with one attached hydrogen (secondary N) is 1. The quantitative estimate of drug-likeness (QED) is 0.553. The fourth-order valence-electron chi connectivity index (χ4n) is 0.629. The molecule has 0 rings (SSSR count). The van der Waals surface area contributed by atoms with Crippen LogP contribution < -0.4 is 5.32 Å². The average Bonchev–Trinajstić information content (AvgIpc) is 2.09. The van der Waals surface area contributed by atoms with Crippen LogP contribution in [0.3, 0.4) is 0 Å². The molecule has 3 N–H and O–H groups in total. The van der Waals surface area contributed by atoms with Gasteiger partial charge in [-0.25, -0.2) is 0 Å². The fourth-order valence-corrected chi connectivity index (χ4v) is 0.629. The van der Waals surface area contributed by atoms with E-state index in [1.54, 1.807) is 0 Å². The number of ether oxygens (including phenoxy) is 1. The molecule has 1 atom stereocenters. The van der Waals surface area contributed by atoms with Crippen molar-refractivity contribution in [1.29, 1.82) is 0 Å². The molecule has 1 amide bonds. The van der Waals surface area contributed by atoms with Crippen LogP contribution in [-0.4, -0.2) is 47.6 Å². The third-order valence-corrected chi connectivity index (χ3v) is 1.38. The Morgan fingerprint density at radius 1 is 1.50 bits per heavy atom. The van der Waals surface area contributed by atoms with Crippen molar-refractivity contribution in [3.63, 3.8) is 0 Å². The van der Waals surface area contributed by atoms with Crippen molar-refractivity contribution in [3.8, 4) is 0 Å². The molecule has 0 radical (unpaired) electrons. The topological polar surface area (TPSA) is 78.8 Å². The molecule has 0 saturated carbocycles. The van der Waals surface area contributed by atoms with Crippen LogP contribution in [0.25, 0.3) is 0 Å². The second kappa shape index (κ2) is 5.95. The van der Waals surface area contributed by atoms with Gasteiger partial charge in [0.25, 0.3) is 0 Å². The monoisotopic (exact) mass is 205 g/mol. The van der Waals surface area contributed by atoms with E-state index in [4.69, 9.17) is 14.9 Å². The molecular formula is C9H19NO4. The van der Waals surface area contributed by atoms with Crippen molar-refractivity contribution < 1.29 is 19.7 Å². The first-order chi connectivity index (χ1) is 6.35. The highest BCUT2D eigenvalue weighted by molar-refractivity contribution is 5.77. The molecule has 0 aromatic rings. The Bertz CT molecular complexity index is 176. The molecule has 0 unspecified atom stereocenters. The number of rotatable bonds is 5. The number of aliphatic hydroxyl groups is 2. The second-order valence-electron chi connectivity index (χ2n) is 4.04. The first kappa shape index (κ1) is 13.4. The molecule has 0 aliphatic heterocycles. The summed E-state index contributed by atoms with van der Waals surface area (Å²) in [7, 11) is 0. The lowest BCUT2D eigenvalue weighted by Crippen LogP contribution is -2.37. The predicted molar refractivity (Wildman–Crippen MR) is 51.8 cm³/mol. The summed E-state index contributed by atoms with van der Waals surface area (Å²) in [4.78, 5) is 11.1. The molecule has 0 saturated heterocycles. The summed E-state index contributed by atoms with van der Waals surface area (Å²) < 4.78 is 5.20. The zero-order chi connectivity index (χ0) is 11.2. The van der Waals surface area contributed by atoms with Crippen LogP contribution in [0, 0.1) is 0 Å². The van der Waals surface area contributed by atoms with Gasteiger partial charge in [-0.2, -0.15) is 0 Å². The van der Waals surface area contributed by atoms with Gasteiger partial charge in [0.05, 0.1) is 18.3 Å². The van der Waals surface area contributed by atoms with E-state index in [0.29, 0.717) is 0 Å². The zero-order valence-electron chi connectivity index (χ0n) is 8.91. The summed E-state index contributed by atoms with van der Waals surface area (Å²) in [5, 5.41) is 19.8. The van der Waals surface area contributed by atoms with Crippen molar-refractivity contribution in [1.82, 2.24) is 5.32 Å². The number of hydrogen-bond donors (Lipinski definition) is 3. The summed E-state index contributed by atoms with van der Waals surface area (Å²) in [5.41, 5.74) is -0.354. The molecule has 0 heterocycles. The summed E-state index contributed by atoms with van der Waals surface area (Å²) in [5.74, 6) is -0.299. The van der Waals surface area contributed by atoms with Gasteiger partial charge in [0.1, 0.15) is 6.61 Å². The molecule has 0 bridgehead atoms. The van der Waals surface area contributed by atoms with Crippen LogP contribution >= 0.6 is 0 Å². The molecule has 0 fully saturated rings. The van der Waals surface area contributed by atoms with Crippen LogP contribution in [0.4, 0.5) is 0 Å². The third kappa shape index (κ3) is 7.97. The van der Waals surface area contributed by atoms with Gasteiger partial charge in [0.2, 0.25) is 5.91 Å². The Hall–Kier alpha value is -0.650. The van der Waals surface area contributed by atoms with E-state index in [1.807, 2.05) is 20.8 Å². The van der Waals surface area contributed by atoms with Crippen LogP contribution in [0.15, 0.2) is 0 Å². The molecule has 0 aromatic heterocycles. The van der Waals surface area contributed by atoms with E-state index >= 15 is 0 Å². The Labute approximate surface area is 84.1 Å². The maximum absolute atomic E-state index is 11.1. The third-order valence-electron chi connectivity index (χ3n) is 1.38. The van der Waals surface area contributed by atoms with E-state index < -0.39 is 6.10 Å². The summed E-state index contributed by atoms with van der Waals surface area (Å²) in [6.45, 7) is 5.19. The van der Waals surface area contributed by atoms with E-state index in [9.17, 15) is 4.79 Å². The predicted octanol–water partition coefficient (Wildman–Crippen LogP) is -0.729. The number of amides is 1. The molecule has 0 aliphatic rings. The maximum Gasteiger partial charge on any atom is 0.246 e. The average molecular weight is 205 g/mol. The lowest BCUT2D eigenvalue weighted by molar-refractivity contribution is -0.131. The largest absolute Gasteiger partial charge is 0.394 e. The number of hydrogen-bond acceptors (Lipinski definition) is 4. The Morgan fingerprint density at radius 2 is 2.07 bits per heavy atom. The normalized spacial score (nSPS) is 13.8. The molecule has 84 valence electrons.